The highest BCUT2D eigenvalue weighted by molar-refractivity contribution is 5.57. The number of rotatable bonds is 7. The molecular formula is C16H20N8O3. The molecule has 0 radical (unpaired) electrons. The highest BCUT2D eigenvalue weighted by atomic mass is 16.5. The zero-order valence-corrected chi connectivity index (χ0v) is 14.8. The SMILES string of the molecule is CCOCCNc1nc(=NC2CC2)n2nc/c(=C/c3[nH]c(=O)[nH]c3O)c2n1. The van der Waals surface area contributed by atoms with Crippen LogP contribution >= 0.6 is 0 Å². The summed E-state index contributed by atoms with van der Waals surface area (Å²) in [6, 6.07) is 0.265. The van der Waals surface area contributed by atoms with Crippen molar-refractivity contribution in [1.29, 1.82) is 0 Å². The molecule has 0 unspecified atom stereocenters. The largest absolute Gasteiger partial charge is 0.493 e. The van der Waals surface area contributed by atoms with E-state index in [9.17, 15) is 9.90 Å². The molecule has 1 fully saturated rings. The lowest BCUT2D eigenvalue weighted by atomic mass is 10.3. The first kappa shape index (κ1) is 17.2. The number of imidazole rings is 1. The Morgan fingerprint density at radius 2 is 2.30 bits per heavy atom. The standard InChI is InChI=1S/C16H20N8O3/c1-2-27-6-5-17-14-21-12-9(7-11-13(25)22-16(26)20-11)8-18-24(12)15(23-14)19-10-3-4-10/h7-8,10,25H,2-6H2,1H3,(H,17,19,23)(H2,20,22,26)/b9-7-. The molecule has 142 valence electrons. The summed E-state index contributed by atoms with van der Waals surface area (Å²) in [4.78, 5) is 29.7. The van der Waals surface area contributed by atoms with Gasteiger partial charge in [0.2, 0.25) is 11.8 Å². The molecule has 11 nitrogen and oxygen atoms in total. The van der Waals surface area contributed by atoms with E-state index in [0.717, 1.165) is 12.8 Å². The van der Waals surface area contributed by atoms with Crippen LogP contribution in [0.25, 0.3) is 11.7 Å². The first-order valence-corrected chi connectivity index (χ1v) is 8.78. The van der Waals surface area contributed by atoms with Gasteiger partial charge in [0.25, 0.3) is 5.62 Å². The first-order valence-electron chi connectivity index (χ1n) is 8.78. The summed E-state index contributed by atoms with van der Waals surface area (Å²) in [7, 11) is 0. The van der Waals surface area contributed by atoms with E-state index in [-0.39, 0.29) is 17.6 Å². The predicted molar refractivity (Wildman–Crippen MR) is 96.2 cm³/mol. The Bertz CT molecular complexity index is 1120. The molecule has 0 aromatic carbocycles. The normalized spacial score (nSPS) is 15.7. The van der Waals surface area contributed by atoms with Crippen LogP contribution in [-0.4, -0.2) is 60.5 Å². The van der Waals surface area contributed by atoms with Gasteiger partial charge in [-0.1, -0.05) is 0 Å². The van der Waals surface area contributed by atoms with Gasteiger partial charge in [0.05, 0.1) is 18.8 Å². The zero-order valence-electron chi connectivity index (χ0n) is 14.8. The van der Waals surface area contributed by atoms with Crippen LogP contribution in [0.1, 0.15) is 25.5 Å². The van der Waals surface area contributed by atoms with Crippen molar-refractivity contribution < 1.29 is 9.84 Å². The van der Waals surface area contributed by atoms with E-state index in [2.05, 4.69) is 35.3 Å². The third-order valence-corrected chi connectivity index (χ3v) is 3.99. The number of aromatic amines is 2. The number of nitrogens with zero attached hydrogens (tertiary/aromatic N) is 5. The van der Waals surface area contributed by atoms with E-state index < -0.39 is 5.69 Å². The summed E-state index contributed by atoms with van der Waals surface area (Å²) in [5, 5.41) is 17.8. The molecule has 3 heterocycles. The number of hydrogen-bond acceptors (Lipinski definition) is 8. The van der Waals surface area contributed by atoms with E-state index >= 15 is 0 Å². The van der Waals surface area contributed by atoms with Gasteiger partial charge in [-0.15, -0.1) is 0 Å². The minimum Gasteiger partial charge on any atom is -0.493 e. The number of anilines is 1. The molecule has 0 aliphatic heterocycles. The van der Waals surface area contributed by atoms with Gasteiger partial charge < -0.3 is 20.1 Å². The second kappa shape index (κ2) is 7.19. The van der Waals surface area contributed by atoms with Gasteiger partial charge in [-0.05, 0) is 25.8 Å². The van der Waals surface area contributed by atoms with Crippen LogP contribution in [0.15, 0.2) is 16.0 Å². The molecule has 1 aliphatic carbocycles. The van der Waals surface area contributed by atoms with Crippen LogP contribution in [0.2, 0.25) is 0 Å². The van der Waals surface area contributed by atoms with Crippen molar-refractivity contribution in [2.75, 3.05) is 25.1 Å². The number of nitrogens with one attached hydrogen (secondary N) is 3. The maximum absolute atomic E-state index is 11.3. The molecule has 0 bridgehead atoms. The Labute approximate surface area is 152 Å². The Hall–Kier alpha value is -3.21. The summed E-state index contributed by atoms with van der Waals surface area (Å²) in [5.74, 6) is 0.176. The highest BCUT2D eigenvalue weighted by Gasteiger charge is 2.20. The molecule has 4 N–H and O–H groups in total. The zero-order chi connectivity index (χ0) is 18.8. The number of ether oxygens (including phenoxy) is 1. The monoisotopic (exact) mass is 372 g/mol. The molecule has 3 aromatic rings. The summed E-state index contributed by atoms with van der Waals surface area (Å²) >= 11 is 0. The summed E-state index contributed by atoms with van der Waals surface area (Å²) in [6.07, 6.45) is 5.26. The Morgan fingerprint density at radius 3 is 3.00 bits per heavy atom. The van der Waals surface area contributed by atoms with Gasteiger partial charge in [-0.3, -0.25) is 4.98 Å². The molecule has 0 atom stereocenters. The minimum absolute atomic E-state index is 0.244. The van der Waals surface area contributed by atoms with Crippen molar-refractivity contribution in [2.45, 2.75) is 25.8 Å². The molecular weight excluding hydrogens is 352 g/mol. The van der Waals surface area contributed by atoms with Gasteiger partial charge in [-0.2, -0.15) is 19.6 Å². The predicted octanol–water partition coefficient (Wildman–Crippen LogP) is -1.09. The van der Waals surface area contributed by atoms with Gasteiger partial charge >= 0.3 is 5.69 Å². The fourth-order valence-electron chi connectivity index (χ4n) is 2.54. The Balaban J connectivity index is 1.79. The van der Waals surface area contributed by atoms with Crippen molar-refractivity contribution in [3.05, 3.63) is 33.2 Å². The summed E-state index contributed by atoms with van der Waals surface area (Å²) < 4.78 is 6.88. The molecule has 0 spiro atoms. The Morgan fingerprint density at radius 1 is 1.44 bits per heavy atom. The molecule has 3 aromatic heterocycles. The molecule has 1 saturated carbocycles. The van der Waals surface area contributed by atoms with Gasteiger partial charge in [0, 0.05) is 18.4 Å². The van der Waals surface area contributed by atoms with Crippen LogP contribution in [0.5, 0.6) is 5.88 Å². The average molecular weight is 372 g/mol. The van der Waals surface area contributed by atoms with Gasteiger partial charge in [-0.25, -0.2) is 9.79 Å². The third-order valence-electron chi connectivity index (χ3n) is 3.99. The van der Waals surface area contributed by atoms with Crippen LogP contribution in [0, 0.1) is 0 Å². The minimum atomic E-state index is -0.493. The molecule has 0 amide bonds. The maximum Gasteiger partial charge on any atom is 0.326 e. The van der Waals surface area contributed by atoms with Gasteiger partial charge in [0.1, 0.15) is 5.69 Å². The smallest absolute Gasteiger partial charge is 0.326 e. The van der Waals surface area contributed by atoms with Crippen LogP contribution < -0.4 is 21.8 Å². The molecule has 11 heteroatoms. The van der Waals surface area contributed by atoms with Crippen LogP contribution in [0.4, 0.5) is 5.95 Å². The van der Waals surface area contributed by atoms with Crippen molar-refractivity contribution in [2.24, 2.45) is 4.99 Å². The van der Waals surface area contributed by atoms with E-state index in [1.165, 1.54) is 0 Å². The lowest BCUT2D eigenvalue weighted by molar-refractivity contribution is 0.158. The molecule has 0 saturated heterocycles. The van der Waals surface area contributed by atoms with E-state index in [4.69, 9.17) is 4.74 Å². The summed E-state index contributed by atoms with van der Waals surface area (Å²) in [5.41, 5.74) is 0.741. The summed E-state index contributed by atoms with van der Waals surface area (Å²) in [6.45, 7) is 3.68. The van der Waals surface area contributed by atoms with E-state index in [1.807, 2.05) is 6.92 Å². The third kappa shape index (κ3) is 3.82. The molecule has 4 rings (SSSR count). The number of fused-ring (bicyclic) bond motifs is 1. The number of hydrogen-bond donors (Lipinski definition) is 4. The molecule has 1 aliphatic rings. The van der Waals surface area contributed by atoms with Crippen LogP contribution in [0.3, 0.4) is 0 Å². The van der Waals surface area contributed by atoms with Crippen molar-refractivity contribution >= 4 is 17.7 Å². The van der Waals surface area contributed by atoms with Crippen LogP contribution in [-0.2, 0) is 4.74 Å². The average Bonchev–Trinajstić information content (AvgIpc) is 3.28. The van der Waals surface area contributed by atoms with E-state index in [0.29, 0.717) is 42.2 Å². The van der Waals surface area contributed by atoms with Gasteiger partial charge in [0.15, 0.2) is 5.65 Å². The van der Waals surface area contributed by atoms with Crippen molar-refractivity contribution in [1.82, 2.24) is 29.5 Å². The quantitative estimate of drug-likeness (QED) is 0.385. The maximum atomic E-state index is 11.3. The van der Waals surface area contributed by atoms with E-state index in [1.54, 1.807) is 16.8 Å². The number of aromatic hydroxyl groups is 1. The fourth-order valence-corrected chi connectivity index (χ4v) is 2.54. The highest BCUT2D eigenvalue weighted by Crippen LogP contribution is 2.22. The molecule has 27 heavy (non-hydrogen) atoms. The Kier molecular flexibility index (Phi) is 4.59. The van der Waals surface area contributed by atoms with Crippen molar-refractivity contribution in [3.8, 4) is 5.88 Å². The number of H-pyrrole nitrogens is 2. The first-order chi connectivity index (χ1) is 13.1. The fraction of sp³-hybridized carbons (Fsp3) is 0.438. The number of aromatic nitrogens is 6. The second-order valence-electron chi connectivity index (χ2n) is 6.15. The lowest BCUT2D eigenvalue weighted by Crippen LogP contribution is -2.25. The second-order valence-corrected chi connectivity index (χ2v) is 6.15. The topological polar surface area (TPSA) is 146 Å². The lowest BCUT2D eigenvalue weighted by Gasteiger charge is -2.05. The van der Waals surface area contributed by atoms with Crippen molar-refractivity contribution in [3.63, 3.8) is 0 Å².